The topological polar surface area (TPSA) is 6.48 Å². The summed E-state index contributed by atoms with van der Waals surface area (Å²) in [5.74, 6) is 0. The van der Waals surface area contributed by atoms with Gasteiger partial charge in [0, 0.05) is 26.2 Å². The van der Waals surface area contributed by atoms with Gasteiger partial charge in [-0.25, -0.2) is 0 Å². The summed E-state index contributed by atoms with van der Waals surface area (Å²) in [6.07, 6.45) is 7.93. The molecule has 1 aromatic rings. The number of hydrogen-bond acceptors (Lipinski definition) is 2. The van der Waals surface area contributed by atoms with E-state index in [0.717, 1.165) is 0 Å². The van der Waals surface area contributed by atoms with E-state index < -0.39 is 0 Å². The maximum absolute atomic E-state index is 2.75. The molecule has 0 atom stereocenters. The molecule has 2 aliphatic heterocycles. The maximum atomic E-state index is 2.75. The van der Waals surface area contributed by atoms with Gasteiger partial charge in [-0.1, -0.05) is 30.3 Å². The Kier molecular flexibility index (Phi) is 4.88. The van der Waals surface area contributed by atoms with Crippen LogP contribution in [0.15, 0.2) is 35.6 Å². The lowest BCUT2D eigenvalue weighted by Gasteiger charge is -2.35. The Labute approximate surface area is 124 Å². The second kappa shape index (κ2) is 6.85. The normalized spacial score (nSPS) is 22.0. The summed E-state index contributed by atoms with van der Waals surface area (Å²) < 4.78 is 5.49. The van der Waals surface area contributed by atoms with Gasteiger partial charge in [-0.2, -0.15) is 0 Å². The zero-order chi connectivity index (χ0) is 13.8. The number of nitrogens with zero attached hydrogens (tertiary/aromatic N) is 2. The minimum absolute atomic E-state index is 0.220. The second-order valence-corrected chi connectivity index (χ2v) is 8.22. The zero-order valence-corrected chi connectivity index (χ0v) is 13.4. The SMILES string of the molecule is C/C(=C\c1ccccc1)P(N1CCCC1)N1CCCC1. The summed E-state index contributed by atoms with van der Waals surface area (Å²) >= 11 is 0. The highest BCUT2D eigenvalue weighted by Crippen LogP contribution is 2.54. The smallest absolute Gasteiger partial charge is 0.0679 e. The summed E-state index contributed by atoms with van der Waals surface area (Å²) in [6, 6.07) is 10.8. The van der Waals surface area contributed by atoms with Crippen molar-refractivity contribution in [1.82, 2.24) is 9.34 Å². The van der Waals surface area contributed by atoms with E-state index in [1.165, 1.54) is 57.4 Å². The molecule has 0 N–H and O–H groups in total. The molecule has 0 radical (unpaired) electrons. The molecule has 2 nitrogen and oxygen atoms in total. The van der Waals surface area contributed by atoms with E-state index in [2.05, 4.69) is 52.7 Å². The van der Waals surface area contributed by atoms with Crippen LogP contribution in [-0.4, -0.2) is 35.5 Å². The van der Waals surface area contributed by atoms with E-state index in [1.807, 2.05) is 0 Å². The lowest BCUT2D eigenvalue weighted by Crippen LogP contribution is -2.25. The van der Waals surface area contributed by atoms with Gasteiger partial charge in [-0.15, -0.1) is 0 Å². The molecule has 3 rings (SSSR count). The van der Waals surface area contributed by atoms with Crippen molar-refractivity contribution in [2.24, 2.45) is 0 Å². The average Bonchev–Trinajstić information content (AvgIpc) is 3.14. The van der Waals surface area contributed by atoms with E-state index in [9.17, 15) is 0 Å². The first-order chi connectivity index (χ1) is 9.84. The van der Waals surface area contributed by atoms with Crippen molar-refractivity contribution in [3.8, 4) is 0 Å². The molecule has 1 aromatic carbocycles. The van der Waals surface area contributed by atoms with Crippen LogP contribution < -0.4 is 0 Å². The summed E-state index contributed by atoms with van der Waals surface area (Å²) in [5.41, 5.74) is 1.34. The Morgan fingerprint density at radius 2 is 1.40 bits per heavy atom. The van der Waals surface area contributed by atoms with Gasteiger partial charge in [0.15, 0.2) is 0 Å². The van der Waals surface area contributed by atoms with Gasteiger partial charge >= 0.3 is 0 Å². The monoisotopic (exact) mass is 288 g/mol. The maximum Gasteiger partial charge on any atom is 0.0679 e. The summed E-state index contributed by atoms with van der Waals surface area (Å²) in [7, 11) is -0.220. The molecule has 0 aromatic heterocycles. The van der Waals surface area contributed by atoms with Gasteiger partial charge in [-0.05, 0) is 49.6 Å². The van der Waals surface area contributed by atoms with Crippen LogP contribution in [0.5, 0.6) is 0 Å². The quantitative estimate of drug-likeness (QED) is 0.750. The van der Waals surface area contributed by atoms with Crippen LogP contribution in [0.1, 0.15) is 38.2 Å². The second-order valence-electron chi connectivity index (χ2n) is 5.81. The molecular weight excluding hydrogens is 263 g/mol. The first-order valence-electron chi connectivity index (χ1n) is 7.88. The predicted octanol–water partition coefficient (Wildman–Crippen LogP) is 4.55. The van der Waals surface area contributed by atoms with E-state index in [0.29, 0.717) is 0 Å². The van der Waals surface area contributed by atoms with Gasteiger partial charge in [0.1, 0.15) is 0 Å². The molecule has 0 spiro atoms. The fraction of sp³-hybridized carbons (Fsp3) is 0.529. The number of hydrogen-bond donors (Lipinski definition) is 0. The standard InChI is InChI=1S/C17H25N2P/c1-16(15-17-9-3-2-4-10-17)20(18-11-5-6-12-18)19-13-7-8-14-19/h2-4,9-10,15H,5-8,11-14H2,1H3/b16-15+. The molecule has 0 saturated carbocycles. The fourth-order valence-electron chi connectivity index (χ4n) is 3.25. The van der Waals surface area contributed by atoms with Crippen molar-refractivity contribution in [3.63, 3.8) is 0 Å². The molecule has 0 aliphatic carbocycles. The zero-order valence-electron chi connectivity index (χ0n) is 12.5. The Morgan fingerprint density at radius 1 is 0.900 bits per heavy atom. The van der Waals surface area contributed by atoms with Crippen molar-refractivity contribution in [3.05, 3.63) is 41.2 Å². The molecule has 2 saturated heterocycles. The lowest BCUT2D eigenvalue weighted by atomic mass is 10.2. The Balaban J connectivity index is 1.82. The van der Waals surface area contributed by atoms with Crippen LogP contribution in [-0.2, 0) is 0 Å². The molecular formula is C17H25N2P. The molecule has 0 unspecified atom stereocenters. The lowest BCUT2D eigenvalue weighted by molar-refractivity contribution is 0.479. The third-order valence-electron chi connectivity index (χ3n) is 4.19. The number of rotatable bonds is 4. The summed E-state index contributed by atoms with van der Waals surface area (Å²) in [6.45, 7) is 7.52. The molecule has 2 aliphatic rings. The molecule has 2 fully saturated rings. The number of benzene rings is 1. The summed E-state index contributed by atoms with van der Waals surface area (Å²) in [4.78, 5) is 0. The average molecular weight is 288 g/mol. The third kappa shape index (κ3) is 3.31. The largest absolute Gasteiger partial charge is 0.267 e. The van der Waals surface area contributed by atoms with Crippen molar-refractivity contribution in [1.29, 1.82) is 0 Å². The van der Waals surface area contributed by atoms with Crippen molar-refractivity contribution >= 4 is 14.3 Å². The molecule has 3 heteroatoms. The minimum Gasteiger partial charge on any atom is -0.267 e. The van der Waals surface area contributed by atoms with Crippen molar-refractivity contribution in [2.75, 3.05) is 26.2 Å². The van der Waals surface area contributed by atoms with E-state index in [1.54, 1.807) is 5.31 Å². The van der Waals surface area contributed by atoms with Crippen LogP contribution in [0.4, 0.5) is 0 Å². The van der Waals surface area contributed by atoms with Crippen molar-refractivity contribution < 1.29 is 0 Å². The molecule has 0 bridgehead atoms. The van der Waals surface area contributed by atoms with E-state index >= 15 is 0 Å². The highest BCUT2D eigenvalue weighted by Gasteiger charge is 2.30. The van der Waals surface area contributed by atoms with Crippen LogP contribution in [0, 0.1) is 0 Å². The number of allylic oxidation sites excluding steroid dienone is 1. The minimum atomic E-state index is -0.220. The molecule has 20 heavy (non-hydrogen) atoms. The van der Waals surface area contributed by atoms with E-state index in [-0.39, 0.29) is 8.22 Å². The first kappa shape index (κ1) is 14.3. The Bertz CT molecular complexity index is 429. The van der Waals surface area contributed by atoms with Crippen LogP contribution >= 0.6 is 8.22 Å². The third-order valence-corrected chi connectivity index (χ3v) is 6.82. The van der Waals surface area contributed by atoms with Crippen LogP contribution in [0.25, 0.3) is 6.08 Å². The highest BCUT2D eigenvalue weighted by atomic mass is 31.1. The first-order valence-corrected chi connectivity index (χ1v) is 9.12. The van der Waals surface area contributed by atoms with Crippen LogP contribution in [0.2, 0.25) is 0 Å². The predicted molar refractivity (Wildman–Crippen MR) is 88.6 cm³/mol. The van der Waals surface area contributed by atoms with Crippen LogP contribution in [0.3, 0.4) is 0 Å². The van der Waals surface area contributed by atoms with Crippen molar-refractivity contribution in [2.45, 2.75) is 32.6 Å². The Hall–Kier alpha value is -0.690. The molecule has 2 heterocycles. The van der Waals surface area contributed by atoms with Gasteiger partial charge in [-0.3, -0.25) is 9.34 Å². The van der Waals surface area contributed by atoms with Gasteiger partial charge in [0.2, 0.25) is 0 Å². The van der Waals surface area contributed by atoms with Gasteiger partial charge < -0.3 is 0 Å². The molecule has 0 amide bonds. The molecule has 108 valence electrons. The fourth-order valence-corrected chi connectivity index (χ4v) is 6.09. The van der Waals surface area contributed by atoms with E-state index in [4.69, 9.17) is 0 Å². The Morgan fingerprint density at radius 3 is 1.90 bits per heavy atom. The summed E-state index contributed by atoms with van der Waals surface area (Å²) in [5, 5.41) is 1.56. The van der Waals surface area contributed by atoms with Gasteiger partial charge in [0.05, 0.1) is 8.22 Å². The highest BCUT2D eigenvalue weighted by molar-refractivity contribution is 7.57. The van der Waals surface area contributed by atoms with Gasteiger partial charge in [0.25, 0.3) is 0 Å².